The van der Waals surface area contributed by atoms with Gasteiger partial charge < -0.3 is 43.9 Å². The van der Waals surface area contributed by atoms with Crippen molar-refractivity contribution < 1.29 is 61.3 Å². The number of nitrogens with one attached hydrogen (secondary N) is 3. The Labute approximate surface area is 299 Å². The second kappa shape index (κ2) is 23.3. The van der Waals surface area contributed by atoms with E-state index in [2.05, 4.69) is 30.2 Å². The van der Waals surface area contributed by atoms with Gasteiger partial charge in [-0.25, -0.2) is 14.4 Å². The quantitative estimate of drug-likeness (QED) is 0.0573. The summed E-state index contributed by atoms with van der Waals surface area (Å²) in [6.45, 7) is 0. The largest absolute Gasteiger partial charge is 0.467 e. The van der Waals surface area contributed by atoms with E-state index in [-0.39, 0.29) is 0 Å². The van der Waals surface area contributed by atoms with E-state index in [9.17, 15) is 33.3 Å². The molecule has 3 atom stereocenters. The van der Waals surface area contributed by atoms with Crippen LogP contribution in [0.3, 0.4) is 0 Å². The van der Waals surface area contributed by atoms with Crippen LogP contribution in [0.5, 0.6) is 0 Å². The second-order valence-electron chi connectivity index (χ2n) is 9.37. The molecule has 0 saturated heterocycles. The van der Waals surface area contributed by atoms with Gasteiger partial charge in [0, 0.05) is 38.0 Å². The first-order valence-corrected chi connectivity index (χ1v) is 16.6. The van der Waals surface area contributed by atoms with Crippen molar-refractivity contribution in [1.29, 1.82) is 0 Å². The van der Waals surface area contributed by atoms with E-state index in [1.807, 2.05) is 0 Å². The fourth-order valence-electron chi connectivity index (χ4n) is 3.52. The molecule has 0 aromatic heterocycles. The summed E-state index contributed by atoms with van der Waals surface area (Å²) in [5.41, 5.74) is 0.0309. The highest BCUT2D eigenvalue weighted by molar-refractivity contribution is 7.55. The fraction of sp³-hybridized carbons (Fsp3) is 0.273. The Morgan fingerprint density at radius 2 is 0.882 bits per heavy atom. The van der Waals surface area contributed by atoms with Crippen LogP contribution in [-0.2, 0) is 46.9 Å². The zero-order chi connectivity index (χ0) is 38.4. The third-order valence-corrected chi connectivity index (χ3v) is 8.48. The minimum absolute atomic E-state index is 0.306. The first kappa shape index (κ1) is 43.9. The molecule has 18 heteroatoms. The molecule has 3 unspecified atom stereocenters. The van der Waals surface area contributed by atoms with E-state index < -0.39 is 60.7 Å². The van der Waals surface area contributed by atoms with Crippen molar-refractivity contribution in [2.24, 2.45) is 0 Å². The lowest BCUT2D eigenvalue weighted by Gasteiger charge is -2.23. The van der Waals surface area contributed by atoms with Crippen LogP contribution in [0.1, 0.15) is 31.1 Å². The van der Waals surface area contributed by atoms with Gasteiger partial charge in [0.25, 0.3) is 17.7 Å². The molecule has 3 aromatic rings. The van der Waals surface area contributed by atoms with Crippen molar-refractivity contribution in [2.75, 3.05) is 42.7 Å². The maximum atomic E-state index is 12.3. The van der Waals surface area contributed by atoms with Crippen LogP contribution in [0.4, 0.5) is 0 Å². The zero-order valence-corrected chi connectivity index (χ0v) is 30.2. The first-order chi connectivity index (χ1) is 24.3. The molecule has 0 bridgehead atoms. The normalized spacial score (nSPS) is 12.0. The standard InChI is InChI=1S/C12H16NO6P.C11H13NO4.C10H10ClNO3/c1-17-12(15)11(20(16,18-2)19-3)13-10(14)9-7-5-4-6-8-9;1-15-10(11(14)16-2)12-9(13)8-6-4-3-5-7-8;1-15-10(14)8(11)12-9(13)7-5-3-2-4-6-7/h4-8,11H,1-3H3,(H,13,14);3-7,10H,1-2H3,(H,12,13);2-6,8H,1H3,(H,12,13). The van der Waals surface area contributed by atoms with Crippen LogP contribution in [0.25, 0.3) is 0 Å². The Bertz CT molecular complexity index is 1610. The molecule has 0 radical (unpaired) electrons. The average molecular weight is 752 g/mol. The molecule has 3 aromatic carbocycles. The molecule has 0 aliphatic carbocycles. The van der Waals surface area contributed by atoms with Crippen LogP contribution in [0.15, 0.2) is 91.0 Å². The number of esters is 3. The number of carbonyl (C=O) groups is 6. The molecule has 3 rings (SSSR count). The Morgan fingerprint density at radius 1 is 0.529 bits per heavy atom. The lowest BCUT2D eigenvalue weighted by Crippen LogP contribution is -2.42. The van der Waals surface area contributed by atoms with Gasteiger partial charge in [-0.1, -0.05) is 66.2 Å². The van der Waals surface area contributed by atoms with E-state index in [0.29, 0.717) is 16.7 Å². The number of ether oxygens (including phenoxy) is 4. The minimum Gasteiger partial charge on any atom is -0.467 e. The fourth-order valence-corrected chi connectivity index (χ4v) is 4.92. The number of methoxy groups -OCH3 is 4. The molecule has 16 nitrogen and oxygen atoms in total. The molecule has 3 N–H and O–H groups in total. The number of halogens is 1. The van der Waals surface area contributed by atoms with E-state index in [1.165, 1.54) is 21.3 Å². The maximum Gasteiger partial charge on any atom is 0.363 e. The maximum absolute atomic E-state index is 12.3. The third kappa shape index (κ3) is 14.7. The molecule has 3 amide bonds. The summed E-state index contributed by atoms with van der Waals surface area (Å²) in [6.07, 6.45) is -1.09. The molecule has 0 saturated carbocycles. The van der Waals surface area contributed by atoms with Crippen molar-refractivity contribution in [3.63, 3.8) is 0 Å². The molecule has 0 aliphatic heterocycles. The summed E-state index contributed by atoms with van der Waals surface area (Å²) in [5, 5.41) is 7.00. The molecule has 0 spiro atoms. The smallest absolute Gasteiger partial charge is 0.363 e. The van der Waals surface area contributed by atoms with Gasteiger partial charge in [0.2, 0.25) is 17.5 Å². The van der Waals surface area contributed by atoms with Crippen LogP contribution in [0, 0.1) is 0 Å². The molecule has 276 valence electrons. The number of rotatable bonds is 13. The van der Waals surface area contributed by atoms with Crippen LogP contribution >= 0.6 is 19.2 Å². The summed E-state index contributed by atoms with van der Waals surface area (Å²) >= 11 is 5.57. The number of amides is 3. The van der Waals surface area contributed by atoms with Gasteiger partial charge in [-0.05, 0) is 36.4 Å². The summed E-state index contributed by atoms with van der Waals surface area (Å²) in [4.78, 5) is 68.8. The van der Waals surface area contributed by atoms with Crippen molar-refractivity contribution >= 4 is 54.8 Å². The molecular weight excluding hydrogens is 713 g/mol. The number of hydrogen-bond donors (Lipinski definition) is 3. The second-order valence-corrected chi connectivity index (χ2v) is 12.1. The van der Waals surface area contributed by atoms with Gasteiger partial charge >= 0.3 is 25.5 Å². The van der Waals surface area contributed by atoms with Crippen LogP contribution in [0.2, 0.25) is 0 Å². The molecule has 0 fully saturated rings. The van der Waals surface area contributed by atoms with Gasteiger partial charge in [-0.2, -0.15) is 0 Å². The van der Waals surface area contributed by atoms with Gasteiger partial charge in [-0.3, -0.25) is 18.9 Å². The Hall–Kier alpha value is -5.12. The third-order valence-electron chi connectivity index (χ3n) is 6.20. The highest BCUT2D eigenvalue weighted by atomic mass is 35.5. The number of alkyl halides is 1. The first-order valence-electron chi connectivity index (χ1n) is 14.5. The molecule has 0 aliphatic rings. The topological polar surface area (TPSA) is 211 Å². The van der Waals surface area contributed by atoms with Gasteiger partial charge in [-0.15, -0.1) is 0 Å². The highest BCUT2D eigenvalue weighted by Gasteiger charge is 2.42. The predicted molar refractivity (Wildman–Crippen MR) is 184 cm³/mol. The summed E-state index contributed by atoms with van der Waals surface area (Å²) < 4.78 is 39.8. The number of hydrogen-bond acceptors (Lipinski definition) is 13. The Balaban J connectivity index is 0.000000387. The Kier molecular flexibility index (Phi) is 20.1. The lowest BCUT2D eigenvalue weighted by atomic mass is 10.2. The van der Waals surface area contributed by atoms with Gasteiger partial charge in [0.05, 0.1) is 21.3 Å². The summed E-state index contributed by atoms with van der Waals surface area (Å²) in [5.74, 6) is -5.18. The van der Waals surface area contributed by atoms with Crippen molar-refractivity contribution in [3.05, 3.63) is 108 Å². The van der Waals surface area contributed by atoms with Crippen LogP contribution in [-0.4, -0.2) is 95.8 Å². The zero-order valence-electron chi connectivity index (χ0n) is 28.5. The number of carbonyl (C=O) groups excluding carboxylic acids is 6. The molecular formula is C33H39ClN3O13P. The van der Waals surface area contributed by atoms with E-state index in [0.717, 1.165) is 21.3 Å². The van der Waals surface area contributed by atoms with Crippen LogP contribution < -0.4 is 16.0 Å². The number of benzene rings is 3. The lowest BCUT2D eigenvalue weighted by molar-refractivity contribution is -0.153. The summed E-state index contributed by atoms with van der Waals surface area (Å²) in [7, 11) is 3.24. The van der Waals surface area contributed by atoms with Crippen molar-refractivity contribution in [1.82, 2.24) is 16.0 Å². The van der Waals surface area contributed by atoms with Gasteiger partial charge in [0.15, 0.2) is 0 Å². The SMILES string of the molecule is COC(=O)C(Cl)NC(=O)c1ccccc1.COC(=O)C(NC(=O)c1ccccc1)OC.COC(=O)C(NC(=O)c1ccccc1)P(=O)(OC)OC. The average Bonchev–Trinajstić information content (AvgIpc) is 3.18. The minimum atomic E-state index is -3.84. The van der Waals surface area contributed by atoms with E-state index >= 15 is 0 Å². The van der Waals surface area contributed by atoms with E-state index in [4.69, 9.17) is 25.4 Å². The monoisotopic (exact) mass is 751 g/mol. The predicted octanol–water partition coefficient (Wildman–Crippen LogP) is 3.12. The summed E-state index contributed by atoms with van der Waals surface area (Å²) in [6, 6.07) is 25.2. The van der Waals surface area contributed by atoms with Gasteiger partial charge in [0.1, 0.15) is 0 Å². The highest BCUT2D eigenvalue weighted by Crippen LogP contribution is 2.50. The Morgan fingerprint density at radius 3 is 1.22 bits per heavy atom. The van der Waals surface area contributed by atoms with Crippen molar-refractivity contribution in [2.45, 2.75) is 17.5 Å². The molecule has 51 heavy (non-hydrogen) atoms. The molecule has 0 heterocycles. The van der Waals surface area contributed by atoms with Crippen molar-refractivity contribution in [3.8, 4) is 0 Å². The van der Waals surface area contributed by atoms with E-state index in [1.54, 1.807) is 91.0 Å².